The van der Waals surface area contributed by atoms with E-state index in [0.29, 0.717) is 5.56 Å². The molecule has 0 bridgehead atoms. The smallest absolute Gasteiger partial charge is 0.319 e. The topological polar surface area (TPSA) is 70.6 Å². The van der Waals surface area contributed by atoms with Crippen molar-refractivity contribution in [3.8, 4) is 18.1 Å². The van der Waals surface area contributed by atoms with Crippen LogP contribution in [0.5, 0.6) is 5.75 Å². The highest BCUT2D eigenvalue weighted by Gasteiger charge is 2.12. The summed E-state index contributed by atoms with van der Waals surface area (Å²) in [5.74, 6) is 1.50. The second-order valence-electron chi connectivity index (χ2n) is 5.04. The van der Waals surface area contributed by atoms with E-state index in [1.165, 1.54) is 36.4 Å². The average Bonchev–Trinajstić information content (AvgIpc) is 2.59. The molecule has 3 N–H and O–H groups in total. The van der Waals surface area contributed by atoms with Crippen LogP contribution < -0.4 is 15.4 Å². The fourth-order valence-electron chi connectivity index (χ4n) is 2.00. The first-order valence-electron chi connectivity index (χ1n) is 7.34. The van der Waals surface area contributed by atoms with E-state index in [0.717, 1.165) is 6.07 Å². The summed E-state index contributed by atoms with van der Waals surface area (Å²) >= 11 is 0. The van der Waals surface area contributed by atoms with E-state index in [1.807, 2.05) is 0 Å². The summed E-state index contributed by atoms with van der Waals surface area (Å²) in [7, 11) is 0. The van der Waals surface area contributed by atoms with E-state index < -0.39 is 23.8 Å². The highest BCUT2D eigenvalue weighted by atomic mass is 19.1. The summed E-state index contributed by atoms with van der Waals surface area (Å²) in [6.07, 6.45) is 4.09. The standard InChI is InChI=1S/C18H16F2N2O3/c1-2-9-25-17-8-7-14(20)10-15(17)22-18(24)21-11-16(23)12-3-5-13(19)6-4-12/h1,3-8,10,16,23H,9,11H2,(H2,21,22,24). The Morgan fingerprint density at radius 3 is 2.56 bits per heavy atom. The van der Waals surface area contributed by atoms with Crippen LogP contribution in [-0.4, -0.2) is 24.3 Å². The maximum Gasteiger partial charge on any atom is 0.319 e. The van der Waals surface area contributed by atoms with Crippen LogP contribution in [-0.2, 0) is 0 Å². The van der Waals surface area contributed by atoms with Gasteiger partial charge in [-0.1, -0.05) is 18.1 Å². The van der Waals surface area contributed by atoms with Crippen molar-refractivity contribution in [1.82, 2.24) is 5.32 Å². The Hall–Kier alpha value is -3.11. The predicted octanol–water partition coefficient (Wildman–Crippen LogP) is 2.83. The number of benzene rings is 2. The number of terminal acetylenes is 1. The second kappa shape index (κ2) is 8.66. The monoisotopic (exact) mass is 346 g/mol. The first kappa shape index (κ1) is 18.2. The summed E-state index contributed by atoms with van der Waals surface area (Å²) in [6, 6.07) is 8.18. The maximum atomic E-state index is 13.3. The van der Waals surface area contributed by atoms with Crippen LogP contribution >= 0.6 is 0 Å². The van der Waals surface area contributed by atoms with Crippen LogP contribution in [0.2, 0.25) is 0 Å². The van der Waals surface area contributed by atoms with Gasteiger partial charge in [-0.05, 0) is 29.8 Å². The molecule has 1 unspecified atom stereocenters. The Balaban J connectivity index is 1.94. The van der Waals surface area contributed by atoms with Gasteiger partial charge in [0.15, 0.2) is 0 Å². The summed E-state index contributed by atoms with van der Waals surface area (Å²) < 4.78 is 31.4. The zero-order chi connectivity index (χ0) is 18.2. The number of urea groups is 1. The fourth-order valence-corrected chi connectivity index (χ4v) is 2.00. The molecule has 2 aromatic rings. The Labute approximate surface area is 143 Å². The van der Waals surface area contributed by atoms with E-state index in [1.54, 1.807) is 0 Å². The molecule has 0 radical (unpaired) electrons. The zero-order valence-electron chi connectivity index (χ0n) is 13.1. The SMILES string of the molecule is C#CCOc1ccc(F)cc1NC(=O)NCC(O)c1ccc(F)cc1. The van der Waals surface area contributed by atoms with Crippen LogP contribution in [0.3, 0.4) is 0 Å². The second-order valence-corrected chi connectivity index (χ2v) is 5.04. The fraction of sp³-hybridized carbons (Fsp3) is 0.167. The molecule has 0 aliphatic carbocycles. The first-order chi connectivity index (χ1) is 12.0. The molecule has 0 fully saturated rings. The number of amides is 2. The highest BCUT2D eigenvalue weighted by Crippen LogP contribution is 2.25. The number of anilines is 1. The van der Waals surface area contributed by atoms with E-state index in [2.05, 4.69) is 16.6 Å². The molecule has 130 valence electrons. The number of carbonyl (C=O) groups excluding carboxylic acids is 1. The molecule has 0 spiro atoms. The molecular formula is C18H16F2N2O3. The number of hydrogen-bond donors (Lipinski definition) is 3. The molecule has 0 aliphatic rings. The summed E-state index contributed by atoms with van der Waals surface area (Å²) in [6.45, 7) is -0.154. The van der Waals surface area contributed by atoms with Crippen molar-refractivity contribution < 1.29 is 23.4 Å². The van der Waals surface area contributed by atoms with Gasteiger partial charge in [0.1, 0.15) is 24.0 Å². The highest BCUT2D eigenvalue weighted by molar-refractivity contribution is 5.90. The quantitative estimate of drug-likeness (QED) is 0.705. The van der Waals surface area contributed by atoms with Crippen LogP contribution in [0, 0.1) is 24.0 Å². The third-order valence-corrected chi connectivity index (χ3v) is 3.21. The molecule has 0 aliphatic heterocycles. The minimum atomic E-state index is -1.02. The van der Waals surface area contributed by atoms with E-state index >= 15 is 0 Å². The number of aliphatic hydroxyl groups is 1. The van der Waals surface area contributed by atoms with Crippen molar-refractivity contribution in [2.75, 3.05) is 18.5 Å². The van der Waals surface area contributed by atoms with Gasteiger partial charge in [-0.3, -0.25) is 0 Å². The third-order valence-electron chi connectivity index (χ3n) is 3.21. The van der Waals surface area contributed by atoms with Gasteiger partial charge < -0.3 is 20.5 Å². The molecule has 1 atom stereocenters. The molecule has 7 heteroatoms. The van der Waals surface area contributed by atoms with Gasteiger partial charge in [0, 0.05) is 12.6 Å². The number of ether oxygens (including phenoxy) is 1. The lowest BCUT2D eigenvalue weighted by Crippen LogP contribution is -2.32. The Kier molecular flexibility index (Phi) is 6.32. The van der Waals surface area contributed by atoms with Crippen molar-refractivity contribution >= 4 is 11.7 Å². The minimum Gasteiger partial charge on any atom is -0.479 e. The number of halogens is 2. The summed E-state index contributed by atoms with van der Waals surface area (Å²) in [5, 5.41) is 14.8. The van der Waals surface area contributed by atoms with Gasteiger partial charge in [-0.15, -0.1) is 6.42 Å². The Morgan fingerprint density at radius 2 is 1.88 bits per heavy atom. The number of aliphatic hydroxyl groups excluding tert-OH is 1. The van der Waals surface area contributed by atoms with E-state index in [9.17, 15) is 18.7 Å². The summed E-state index contributed by atoms with van der Waals surface area (Å²) in [4.78, 5) is 11.9. The molecule has 25 heavy (non-hydrogen) atoms. The summed E-state index contributed by atoms with van der Waals surface area (Å²) in [5.41, 5.74) is 0.550. The molecule has 0 saturated carbocycles. The van der Waals surface area contributed by atoms with Gasteiger partial charge in [0.25, 0.3) is 0 Å². The van der Waals surface area contributed by atoms with Crippen LogP contribution in [0.1, 0.15) is 11.7 Å². The first-order valence-corrected chi connectivity index (χ1v) is 7.34. The van der Waals surface area contributed by atoms with Crippen molar-refractivity contribution in [1.29, 1.82) is 0 Å². The van der Waals surface area contributed by atoms with Gasteiger partial charge in [0.05, 0.1) is 11.8 Å². The van der Waals surface area contributed by atoms with Crippen molar-refractivity contribution in [3.05, 3.63) is 59.7 Å². The zero-order valence-corrected chi connectivity index (χ0v) is 13.1. The van der Waals surface area contributed by atoms with Gasteiger partial charge >= 0.3 is 6.03 Å². The average molecular weight is 346 g/mol. The van der Waals surface area contributed by atoms with E-state index in [-0.39, 0.29) is 24.6 Å². The van der Waals surface area contributed by atoms with Gasteiger partial charge in [0.2, 0.25) is 0 Å². The van der Waals surface area contributed by atoms with Crippen LogP contribution in [0.4, 0.5) is 19.3 Å². The largest absolute Gasteiger partial charge is 0.479 e. The lowest BCUT2D eigenvalue weighted by atomic mass is 10.1. The molecular weight excluding hydrogens is 330 g/mol. The molecule has 0 heterocycles. The normalized spacial score (nSPS) is 11.3. The van der Waals surface area contributed by atoms with Crippen LogP contribution in [0.25, 0.3) is 0 Å². The molecule has 0 saturated heterocycles. The number of nitrogens with one attached hydrogen (secondary N) is 2. The molecule has 2 aromatic carbocycles. The van der Waals surface area contributed by atoms with Crippen molar-refractivity contribution in [2.24, 2.45) is 0 Å². The molecule has 0 aromatic heterocycles. The predicted molar refractivity (Wildman–Crippen MR) is 89.1 cm³/mol. The molecule has 2 amide bonds. The lowest BCUT2D eigenvalue weighted by Gasteiger charge is -2.14. The van der Waals surface area contributed by atoms with Gasteiger partial charge in [-0.25, -0.2) is 13.6 Å². The van der Waals surface area contributed by atoms with Crippen molar-refractivity contribution in [2.45, 2.75) is 6.10 Å². The third kappa shape index (κ3) is 5.48. The Morgan fingerprint density at radius 1 is 1.20 bits per heavy atom. The van der Waals surface area contributed by atoms with E-state index in [4.69, 9.17) is 11.2 Å². The molecule has 2 rings (SSSR count). The number of rotatable bonds is 6. The van der Waals surface area contributed by atoms with Crippen molar-refractivity contribution in [3.63, 3.8) is 0 Å². The lowest BCUT2D eigenvalue weighted by molar-refractivity contribution is 0.175. The number of hydrogen-bond acceptors (Lipinski definition) is 3. The van der Waals surface area contributed by atoms with Crippen LogP contribution in [0.15, 0.2) is 42.5 Å². The Bertz CT molecular complexity index is 773. The maximum absolute atomic E-state index is 13.3. The molecule has 5 nitrogen and oxygen atoms in total. The number of carbonyl (C=O) groups is 1. The minimum absolute atomic E-state index is 0.0365. The van der Waals surface area contributed by atoms with Gasteiger partial charge in [-0.2, -0.15) is 0 Å².